The molecule has 0 spiro atoms. The third kappa shape index (κ3) is 2.81. The number of benzene rings is 1. The number of rotatable bonds is 3. The minimum Gasteiger partial charge on any atom is -0.617 e. The first kappa shape index (κ1) is 16.5. The van der Waals surface area contributed by atoms with E-state index in [-0.39, 0.29) is 27.9 Å². The predicted molar refractivity (Wildman–Crippen MR) is 86.1 cm³/mol. The summed E-state index contributed by atoms with van der Waals surface area (Å²) < 4.78 is 5.80. The Balaban J connectivity index is 2.09. The highest BCUT2D eigenvalue weighted by Crippen LogP contribution is 2.39. The number of aromatic nitrogens is 2. The fraction of sp³-hybridized carbons (Fsp3) is 0.0667. The van der Waals surface area contributed by atoms with Gasteiger partial charge in [-0.25, -0.2) is 4.98 Å². The molecule has 0 fully saturated rings. The lowest BCUT2D eigenvalue weighted by atomic mass is 10.1. The first-order valence-corrected chi connectivity index (χ1v) is 7.22. The van der Waals surface area contributed by atoms with Gasteiger partial charge in [-0.2, -0.15) is 4.73 Å². The van der Waals surface area contributed by atoms with Gasteiger partial charge in [0.05, 0.1) is 4.92 Å². The SMILES string of the molecule is Cc1ccc(-c2nc(-c3cc(O)c(O)c([N+](=O)[O-])c3)co2)c(Cl)[n+]1[O-]. The van der Waals surface area contributed by atoms with Gasteiger partial charge in [0.1, 0.15) is 17.5 Å². The Kier molecular flexibility index (Phi) is 3.93. The highest BCUT2D eigenvalue weighted by Gasteiger charge is 2.23. The monoisotopic (exact) mass is 363 g/mol. The highest BCUT2D eigenvalue weighted by atomic mass is 35.5. The fourth-order valence-corrected chi connectivity index (χ4v) is 2.46. The molecule has 0 atom stereocenters. The summed E-state index contributed by atoms with van der Waals surface area (Å²) in [6, 6.07) is 5.24. The molecule has 3 aromatic rings. The van der Waals surface area contributed by atoms with Gasteiger partial charge in [0.25, 0.3) is 5.15 Å². The number of hydrogen-bond acceptors (Lipinski definition) is 7. The van der Waals surface area contributed by atoms with Crippen LogP contribution >= 0.6 is 11.6 Å². The quantitative estimate of drug-likeness (QED) is 0.182. The van der Waals surface area contributed by atoms with Gasteiger partial charge in [-0.3, -0.25) is 10.1 Å². The Labute approximate surface area is 145 Å². The molecule has 0 saturated carbocycles. The van der Waals surface area contributed by atoms with Gasteiger partial charge >= 0.3 is 5.69 Å². The first-order chi connectivity index (χ1) is 11.8. The molecule has 0 radical (unpaired) electrons. The number of halogens is 1. The maximum atomic E-state index is 11.8. The molecular formula is C15H10ClN3O6. The predicted octanol–water partition coefficient (Wildman–Crippen LogP) is 2.92. The van der Waals surface area contributed by atoms with E-state index in [0.717, 1.165) is 12.1 Å². The second-order valence-electron chi connectivity index (χ2n) is 5.13. The van der Waals surface area contributed by atoms with Crippen molar-refractivity contribution >= 4 is 17.3 Å². The summed E-state index contributed by atoms with van der Waals surface area (Å²) in [6.07, 6.45) is 1.19. The molecule has 2 aromatic heterocycles. The van der Waals surface area contributed by atoms with Crippen LogP contribution in [0.2, 0.25) is 5.15 Å². The summed E-state index contributed by atoms with van der Waals surface area (Å²) in [6.45, 7) is 1.59. The normalized spacial score (nSPS) is 10.8. The second-order valence-corrected chi connectivity index (χ2v) is 5.49. The second kappa shape index (κ2) is 5.95. The van der Waals surface area contributed by atoms with Gasteiger partial charge in [0.2, 0.25) is 11.6 Å². The number of phenolic OH excluding ortho intramolecular Hbond substituents is 2. The number of nitrogens with zero attached hydrogens (tertiary/aromatic N) is 3. The lowest BCUT2D eigenvalue weighted by Crippen LogP contribution is -2.31. The molecule has 2 heterocycles. The minimum absolute atomic E-state index is 0.0276. The number of oxazole rings is 1. The molecule has 2 N–H and O–H groups in total. The maximum absolute atomic E-state index is 11.8. The fourth-order valence-electron chi connectivity index (χ4n) is 2.19. The molecular weight excluding hydrogens is 354 g/mol. The topological polar surface area (TPSA) is 137 Å². The van der Waals surface area contributed by atoms with Crippen LogP contribution in [0.4, 0.5) is 5.69 Å². The third-order valence-corrected chi connectivity index (χ3v) is 3.87. The number of aromatic hydroxyl groups is 2. The van der Waals surface area contributed by atoms with Gasteiger partial charge in [-0.1, -0.05) is 0 Å². The summed E-state index contributed by atoms with van der Waals surface area (Å²) in [4.78, 5) is 14.2. The van der Waals surface area contributed by atoms with E-state index < -0.39 is 22.1 Å². The van der Waals surface area contributed by atoms with Crippen LogP contribution in [0.1, 0.15) is 5.69 Å². The molecule has 9 nitrogen and oxygen atoms in total. The van der Waals surface area contributed by atoms with Crippen molar-refractivity contribution in [3.8, 4) is 34.2 Å². The summed E-state index contributed by atoms with van der Waals surface area (Å²) >= 11 is 5.99. The summed E-state index contributed by atoms with van der Waals surface area (Å²) in [5, 5.41) is 41.8. The van der Waals surface area contributed by atoms with Crippen LogP contribution in [0.25, 0.3) is 22.7 Å². The van der Waals surface area contributed by atoms with Crippen LogP contribution in [0.3, 0.4) is 0 Å². The Hall–Kier alpha value is -3.33. The molecule has 128 valence electrons. The van der Waals surface area contributed by atoms with Crippen LogP contribution in [0, 0.1) is 22.2 Å². The largest absolute Gasteiger partial charge is 0.617 e. The van der Waals surface area contributed by atoms with Crippen molar-refractivity contribution < 1.29 is 24.3 Å². The van der Waals surface area contributed by atoms with Crippen LogP contribution < -0.4 is 4.73 Å². The molecule has 25 heavy (non-hydrogen) atoms. The molecule has 1 aromatic carbocycles. The number of phenols is 2. The lowest BCUT2D eigenvalue weighted by Gasteiger charge is -2.04. The van der Waals surface area contributed by atoms with E-state index in [0.29, 0.717) is 10.4 Å². The Morgan fingerprint density at radius 3 is 2.72 bits per heavy atom. The number of aryl methyl sites for hydroxylation is 1. The third-order valence-electron chi connectivity index (χ3n) is 3.51. The number of nitro groups is 1. The number of pyridine rings is 1. The minimum atomic E-state index is -0.841. The smallest absolute Gasteiger partial charge is 0.315 e. The van der Waals surface area contributed by atoms with Gasteiger partial charge in [-0.15, -0.1) is 0 Å². The zero-order valence-electron chi connectivity index (χ0n) is 12.6. The maximum Gasteiger partial charge on any atom is 0.315 e. The van der Waals surface area contributed by atoms with Crippen molar-refractivity contribution in [2.75, 3.05) is 0 Å². The van der Waals surface area contributed by atoms with Gasteiger partial charge in [-0.05, 0) is 23.7 Å². The lowest BCUT2D eigenvalue weighted by molar-refractivity contribution is -0.609. The van der Waals surface area contributed by atoms with E-state index >= 15 is 0 Å². The van der Waals surface area contributed by atoms with Crippen molar-refractivity contribution in [1.82, 2.24) is 4.98 Å². The van der Waals surface area contributed by atoms with E-state index in [1.807, 2.05) is 0 Å². The zero-order chi connectivity index (χ0) is 18.3. The van der Waals surface area contributed by atoms with Gasteiger partial charge < -0.3 is 19.8 Å². The van der Waals surface area contributed by atoms with E-state index in [4.69, 9.17) is 16.0 Å². The highest BCUT2D eigenvalue weighted by molar-refractivity contribution is 6.30. The van der Waals surface area contributed by atoms with Crippen LogP contribution in [0.5, 0.6) is 11.5 Å². The van der Waals surface area contributed by atoms with Crippen LogP contribution in [-0.4, -0.2) is 20.1 Å². The first-order valence-electron chi connectivity index (χ1n) is 6.85. The van der Waals surface area contributed by atoms with Crippen molar-refractivity contribution in [2.24, 2.45) is 0 Å². The van der Waals surface area contributed by atoms with E-state index in [2.05, 4.69) is 4.98 Å². The number of nitro benzene ring substituents is 1. The van der Waals surface area contributed by atoms with E-state index in [1.165, 1.54) is 12.3 Å². The average Bonchev–Trinajstić information content (AvgIpc) is 3.04. The summed E-state index contributed by atoms with van der Waals surface area (Å²) in [5.74, 6) is -1.48. The van der Waals surface area contributed by atoms with E-state index in [1.54, 1.807) is 13.0 Å². The summed E-state index contributed by atoms with van der Waals surface area (Å²) in [5.41, 5.74) is 0.258. The molecule has 0 saturated heterocycles. The van der Waals surface area contributed by atoms with Crippen LogP contribution in [-0.2, 0) is 0 Å². The van der Waals surface area contributed by atoms with Gasteiger partial charge in [0.15, 0.2) is 11.4 Å². The average molecular weight is 364 g/mol. The molecule has 0 aliphatic carbocycles. The molecule has 0 amide bonds. The van der Waals surface area contributed by atoms with Crippen molar-refractivity contribution in [3.63, 3.8) is 0 Å². The molecule has 0 aliphatic heterocycles. The molecule has 10 heteroatoms. The zero-order valence-corrected chi connectivity index (χ0v) is 13.4. The summed E-state index contributed by atoms with van der Waals surface area (Å²) in [7, 11) is 0. The van der Waals surface area contributed by atoms with Crippen molar-refractivity contribution in [1.29, 1.82) is 0 Å². The van der Waals surface area contributed by atoms with E-state index in [9.17, 15) is 25.5 Å². The standard InChI is InChI=1S/C15H10ClN3O6/c1-7-2-3-9(14(16)18(7)22)15-17-10(6-25-15)8-4-11(19(23)24)13(21)12(20)5-8/h2-6,20-21H,1H3. The van der Waals surface area contributed by atoms with Crippen molar-refractivity contribution in [3.05, 3.63) is 56.7 Å². The molecule has 0 aliphatic rings. The molecule has 0 bridgehead atoms. The number of hydrogen-bond donors (Lipinski definition) is 2. The van der Waals surface area contributed by atoms with Crippen LogP contribution in [0.15, 0.2) is 34.9 Å². The van der Waals surface area contributed by atoms with Gasteiger partial charge in [0, 0.05) is 24.6 Å². The Morgan fingerprint density at radius 2 is 2.04 bits per heavy atom. The molecule has 3 rings (SSSR count). The Morgan fingerprint density at radius 1 is 1.32 bits per heavy atom. The molecule has 0 unspecified atom stereocenters. The van der Waals surface area contributed by atoms with Crippen molar-refractivity contribution in [2.45, 2.75) is 6.92 Å². The Bertz CT molecular complexity index is 1000.